The van der Waals surface area contributed by atoms with Crippen LogP contribution in [0.15, 0.2) is 24.8 Å². The zero-order chi connectivity index (χ0) is 14.7. The van der Waals surface area contributed by atoms with Crippen molar-refractivity contribution in [3.8, 4) is 0 Å². The topological polar surface area (TPSA) is 61.8 Å². The van der Waals surface area contributed by atoms with Gasteiger partial charge in [0.2, 0.25) is 0 Å². The van der Waals surface area contributed by atoms with Crippen molar-refractivity contribution in [1.29, 1.82) is 0 Å². The largest absolute Gasteiger partial charge is 0.383 e. The van der Waals surface area contributed by atoms with Crippen LogP contribution in [0, 0.1) is 0 Å². The Morgan fingerprint density at radius 2 is 2.35 bits per heavy atom. The summed E-state index contributed by atoms with van der Waals surface area (Å²) in [6.45, 7) is 5.54. The van der Waals surface area contributed by atoms with Crippen molar-refractivity contribution < 1.29 is 14.6 Å². The van der Waals surface area contributed by atoms with Gasteiger partial charge >= 0.3 is 0 Å². The number of halogens is 1. The number of aliphatic hydroxyl groups excluding tert-OH is 1. The molecule has 1 aromatic rings. The van der Waals surface area contributed by atoms with E-state index in [1.54, 1.807) is 25.3 Å². The van der Waals surface area contributed by atoms with E-state index < -0.39 is 12.0 Å². The lowest BCUT2D eigenvalue weighted by molar-refractivity contribution is -0.123. The Balaban J connectivity index is 2.34. The lowest BCUT2D eigenvalue weighted by atomic mass is 10.1. The molecule has 1 aliphatic rings. The second-order valence-electron chi connectivity index (χ2n) is 4.51. The van der Waals surface area contributed by atoms with Crippen molar-refractivity contribution in [3.63, 3.8) is 0 Å². The summed E-state index contributed by atoms with van der Waals surface area (Å²) in [6.07, 6.45) is 0.621. The molecule has 20 heavy (non-hydrogen) atoms. The molecule has 1 aromatic carbocycles. The molecule has 2 rings (SSSR count). The lowest BCUT2D eigenvalue weighted by Gasteiger charge is -2.24. The molecule has 0 aliphatic carbocycles. The van der Waals surface area contributed by atoms with E-state index in [1.807, 2.05) is 4.90 Å². The van der Waals surface area contributed by atoms with Gasteiger partial charge in [0.15, 0.2) is 6.10 Å². The van der Waals surface area contributed by atoms with E-state index in [0.717, 1.165) is 5.69 Å². The molecule has 0 bridgehead atoms. The molecular formula is C14H17ClN2O3. The van der Waals surface area contributed by atoms with Gasteiger partial charge in [-0.1, -0.05) is 17.7 Å². The number of fused-ring (bicyclic) bond motifs is 1. The fraction of sp³-hybridized carbons (Fsp3) is 0.357. The van der Waals surface area contributed by atoms with Gasteiger partial charge in [-0.25, -0.2) is 0 Å². The number of benzene rings is 1. The summed E-state index contributed by atoms with van der Waals surface area (Å²) in [6, 6.07) is 3.39. The van der Waals surface area contributed by atoms with Crippen molar-refractivity contribution in [2.75, 3.05) is 37.0 Å². The van der Waals surface area contributed by atoms with Crippen LogP contribution < -0.4 is 10.2 Å². The number of nitrogens with zero attached hydrogens (tertiary/aromatic N) is 1. The Labute approximate surface area is 122 Å². The third kappa shape index (κ3) is 2.80. The predicted octanol–water partition coefficient (Wildman–Crippen LogP) is 1.96. The molecular weight excluding hydrogens is 280 g/mol. The average molecular weight is 297 g/mol. The molecule has 1 atom stereocenters. The van der Waals surface area contributed by atoms with Gasteiger partial charge in [-0.2, -0.15) is 0 Å². The molecule has 108 valence electrons. The Hall–Kier alpha value is -1.56. The molecule has 0 radical (unpaired) electrons. The quantitative estimate of drug-likeness (QED) is 0.788. The number of amides is 1. The molecule has 6 heteroatoms. The highest BCUT2D eigenvalue weighted by Gasteiger charge is 2.30. The van der Waals surface area contributed by atoms with Crippen LogP contribution in [0.5, 0.6) is 0 Å². The second-order valence-corrected chi connectivity index (χ2v) is 4.92. The number of aliphatic hydroxyl groups is 1. The zero-order valence-corrected chi connectivity index (χ0v) is 12.0. The molecule has 0 fully saturated rings. The normalized spacial score (nSPS) is 16.8. The van der Waals surface area contributed by atoms with Crippen LogP contribution >= 0.6 is 11.6 Å². The Bertz CT molecular complexity index is 533. The van der Waals surface area contributed by atoms with E-state index in [2.05, 4.69) is 11.9 Å². The standard InChI is InChI=1S/C14H17ClN2O3/c1-3-4-17(5-6-20-2)12-8-11-9(7-10(12)15)13(18)14(19)16-11/h3,7-8,13,18H,1,4-6H2,2H3,(H,16,19). The molecule has 0 saturated heterocycles. The molecule has 1 unspecified atom stereocenters. The van der Waals surface area contributed by atoms with Crippen molar-refractivity contribution in [3.05, 3.63) is 35.4 Å². The molecule has 5 nitrogen and oxygen atoms in total. The van der Waals surface area contributed by atoms with Gasteiger partial charge < -0.3 is 20.1 Å². The summed E-state index contributed by atoms with van der Waals surface area (Å²) >= 11 is 6.26. The van der Waals surface area contributed by atoms with Crippen molar-refractivity contribution in [2.24, 2.45) is 0 Å². The first-order valence-corrected chi connectivity index (χ1v) is 6.63. The van der Waals surface area contributed by atoms with Gasteiger partial charge in [-0.15, -0.1) is 6.58 Å². The first-order valence-electron chi connectivity index (χ1n) is 6.25. The fourth-order valence-electron chi connectivity index (χ4n) is 2.16. The van der Waals surface area contributed by atoms with Crippen LogP contribution in [0.4, 0.5) is 11.4 Å². The minimum absolute atomic E-state index is 0.430. The molecule has 1 aliphatic heterocycles. The SMILES string of the molecule is C=CCN(CCOC)c1cc2c(cc1Cl)C(O)C(=O)N2. The van der Waals surface area contributed by atoms with E-state index in [0.29, 0.717) is 36.0 Å². The molecule has 0 spiro atoms. The van der Waals surface area contributed by atoms with Gasteiger partial charge in [0, 0.05) is 31.5 Å². The number of nitrogens with one attached hydrogen (secondary N) is 1. The van der Waals surface area contributed by atoms with Gasteiger partial charge in [-0.3, -0.25) is 4.79 Å². The van der Waals surface area contributed by atoms with Crippen LogP contribution in [-0.2, 0) is 9.53 Å². The number of rotatable bonds is 6. The fourth-order valence-corrected chi connectivity index (χ4v) is 2.46. The van der Waals surface area contributed by atoms with Crippen LogP contribution in [0.2, 0.25) is 5.02 Å². The van der Waals surface area contributed by atoms with Crippen molar-refractivity contribution in [2.45, 2.75) is 6.10 Å². The maximum atomic E-state index is 11.5. The number of carbonyl (C=O) groups is 1. The van der Waals surface area contributed by atoms with E-state index >= 15 is 0 Å². The smallest absolute Gasteiger partial charge is 0.257 e. The summed E-state index contributed by atoms with van der Waals surface area (Å²) in [5.74, 6) is -0.430. The van der Waals surface area contributed by atoms with Gasteiger partial charge in [0.05, 0.1) is 17.3 Å². The number of methoxy groups -OCH3 is 1. The Morgan fingerprint density at radius 3 is 3.00 bits per heavy atom. The number of hydrogen-bond acceptors (Lipinski definition) is 4. The average Bonchev–Trinajstić information content (AvgIpc) is 2.70. The van der Waals surface area contributed by atoms with E-state index in [-0.39, 0.29) is 0 Å². The van der Waals surface area contributed by atoms with Crippen LogP contribution in [0.3, 0.4) is 0 Å². The summed E-state index contributed by atoms with van der Waals surface area (Å²) in [4.78, 5) is 13.5. The lowest BCUT2D eigenvalue weighted by Crippen LogP contribution is -2.27. The van der Waals surface area contributed by atoms with Crippen LogP contribution in [0.25, 0.3) is 0 Å². The second kappa shape index (κ2) is 6.26. The predicted molar refractivity (Wildman–Crippen MR) is 79.3 cm³/mol. The highest BCUT2D eigenvalue weighted by atomic mass is 35.5. The van der Waals surface area contributed by atoms with E-state index in [1.165, 1.54) is 0 Å². The van der Waals surface area contributed by atoms with Crippen molar-refractivity contribution in [1.82, 2.24) is 0 Å². The Morgan fingerprint density at radius 1 is 1.60 bits per heavy atom. The van der Waals surface area contributed by atoms with Gasteiger partial charge in [-0.05, 0) is 12.1 Å². The maximum Gasteiger partial charge on any atom is 0.257 e. The van der Waals surface area contributed by atoms with Crippen LogP contribution in [0.1, 0.15) is 11.7 Å². The number of carbonyl (C=O) groups excluding carboxylic acids is 1. The highest BCUT2D eigenvalue weighted by molar-refractivity contribution is 6.33. The van der Waals surface area contributed by atoms with Crippen molar-refractivity contribution >= 4 is 28.9 Å². The zero-order valence-electron chi connectivity index (χ0n) is 11.2. The minimum Gasteiger partial charge on any atom is -0.383 e. The van der Waals surface area contributed by atoms with E-state index in [9.17, 15) is 9.90 Å². The monoisotopic (exact) mass is 296 g/mol. The Kier molecular flexibility index (Phi) is 4.65. The summed E-state index contributed by atoms with van der Waals surface area (Å²) in [5.41, 5.74) is 1.87. The summed E-state index contributed by atoms with van der Waals surface area (Å²) < 4.78 is 5.08. The van der Waals surface area contributed by atoms with E-state index in [4.69, 9.17) is 16.3 Å². The molecule has 0 saturated carbocycles. The van der Waals surface area contributed by atoms with Gasteiger partial charge in [0.1, 0.15) is 0 Å². The number of anilines is 2. The minimum atomic E-state index is -1.15. The molecule has 1 heterocycles. The molecule has 0 aromatic heterocycles. The number of ether oxygens (including phenoxy) is 1. The third-order valence-electron chi connectivity index (χ3n) is 3.18. The molecule has 1 amide bonds. The summed E-state index contributed by atoms with van der Waals surface area (Å²) in [7, 11) is 1.63. The highest BCUT2D eigenvalue weighted by Crippen LogP contribution is 2.38. The van der Waals surface area contributed by atoms with Gasteiger partial charge in [0.25, 0.3) is 5.91 Å². The maximum absolute atomic E-state index is 11.5. The first kappa shape index (κ1) is 14.8. The number of hydrogen-bond donors (Lipinski definition) is 2. The summed E-state index contributed by atoms with van der Waals surface area (Å²) in [5, 5.41) is 12.8. The van der Waals surface area contributed by atoms with Crippen LogP contribution in [-0.4, -0.2) is 37.8 Å². The third-order valence-corrected chi connectivity index (χ3v) is 3.48. The first-order chi connectivity index (χ1) is 9.58. The molecule has 2 N–H and O–H groups in total.